The maximum Gasteiger partial charge on any atom is 0.243 e. The van der Waals surface area contributed by atoms with Gasteiger partial charge in [0.2, 0.25) is 15.9 Å². The van der Waals surface area contributed by atoms with E-state index in [-0.39, 0.29) is 16.0 Å². The van der Waals surface area contributed by atoms with Gasteiger partial charge in [0.25, 0.3) is 0 Å². The van der Waals surface area contributed by atoms with Gasteiger partial charge in [-0.3, -0.25) is 0 Å². The predicted molar refractivity (Wildman–Crippen MR) is 95.8 cm³/mol. The molecule has 1 fully saturated rings. The number of aromatic nitrogens is 1. The van der Waals surface area contributed by atoms with Gasteiger partial charge in [-0.1, -0.05) is 11.6 Å². The van der Waals surface area contributed by atoms with Gasteiger partial charge in [-0.05, 0) is 59.1 Å². The number of halogens is 3. The van der Waals surface area contributed by atoms with Crippen LogP contribution < -0.4 is 4.74 Å². The molecule has 0 atom stereocenters. The Kier molecular flexibility index (Phi) is 5.62. The van der Waals surface area contributed by atoms with Gasteiger partial charge in [-0.15, -0.1) is 0 Å². The van der Waals surface area contributed by atoms with E-state index in [9.17, 15) is 12.8 Å². The van der Waals surface area contributed by atoms with Gasteiger partial charge in [-0.2, -0.15) is 4.31 Å². The summed E-state index contributed by atoms with van der Waals surface area (Å²) in [4.78, 5) is 4.15. The molecule has 2 aromatic rings. The molecule has 0 amide bonds. The fraction of sp³-hybridized carbons (Fsp3) is 0.312. The molecule has 1 aromatic heterocycles. The van der Waals surface area contributed by atoms with Crippen molar-refractivity contribution < 1.29 is 17.5 Å². The zero-order valence-corrected chi connectivity index (χ0v) is 16.2. The van der Waals surface area contributed by atoms with Crippen LogP contribution in [0.5, 0.6) is 5.88 Å². The van der Waals surface area contributed by atoms with E-state index in [2.05, 4.69) is 20.9 Å². The van der Waals surface area contributed by atoms with Gasteiger partial charge in [0, 0.05) is 19.3 Å². The minimum atomic E-state index is -3.70. The predicted octanol–water partition coefficient (Wildman–Crippen LogP) is 3.87. The lowest BCUT2D eigenvalue weighted by molar-refractivity contribution is 0.129. The van der Waals surface area contributed by atoms with E-state index >= 15 is 0 Å². The molecular formula is C16H15BrClFN2O3S. The fourth-order valence-corrected chi connectivity index (χ4v) is 4.68. The molecular weight excluding hydrogens is 435 g/mol. The van der Waals surface area contributed by atoms with Crippen LogP contribution in [-0.2, 0) is 10.0 Å². The molecule has 1 aliphatic rings. The second-order valence-electron chi connectivity index (χ2n) is 5.59. The Morgan fingerprint density at radius 2 is 2.00 bits per heavy atom. The molecule has 0 radical (unpaired) electrons. The zero-order chi connectivity index (χ0) is 18.0. The Bertz CT molecular complexity index is 873. The highest BCUT2D eigenvalue weighted by Gasteiger charge is 2.31. The smallest absolute Gasteiger partial charge is 0.243 e. The van der Waals surface area contributed by atoms with E-state index in [4.69, 9.17) is 16.3 Å². The number of piperidine rings is 1. The van der Waals surface area contributed by atoms with Gasteiger partial charge in [-0.25, -0.2) is 17.8 Å². The van der Waals surface area contributed by atoms with E-state index < -0.39 is 15.8 Å². The summed E-state index contributed by atoms with van der Waals surface area (Å²) < 4.78 is 46.5. The van der Waals surface area contributed by atoms with Crippen molar-refractivity contribution in [1.82, 2.24) is 9.29 Å². The van der Waals surface area contributed by atoms with Crippen LogP contribution in [0.1, 0.15) is 12.8 Å². The molecule has 0 N–H and O–H groups in total. The highest BCUT2D eigenvalue weighted by molar-refractivity contribution is 9.10. The highest BCUT2D eigenvalue weighted by Crippen LogP contribution is 2.28. The first-order valence-corrected chi connectivity index (χ1v) is 10.2. The Hall–Kier alpha value is -1.22. The molecule has 1 aliphatic heterocycles. The van der Waals surface area contributed by atoms with E-state index in [0.29, 0.717) is 31.8 Å². The van der Waals surface area contributed by atoms with E-state index in [0.717, 1.165) is 16.6 Å². The monoisotopic (exact) mass is 448 g/mol. The first-order chi connectivity index (χ1) is 11.9. The maximum atomic E-state index is 13.3. The summed E-state index contributed by atoms with van der Waals surface area (Å²) >= 11 is 9.07. The third kappa shape index (κ3) is 4.13. The van der Waals surface area contributed by atoms with Gasteiger partial charge < -0.3 is 4.74 Å². The van der Waals surface area contributed by atoms with Crippen LogP contribution in [0.4, 0.5) is 4.39 Å². The van der Waals surface area contributed by atoms with E-state index in [1.54, 1.807) is 12.3 Å². The third-order valence-electron chi connectivity index (χ3n) is 3.93. The van der Waals surface area contributed by atoms with Crippen molar-refractivity contribution in [1.29, 1.82) is 0 Å². The van der Waals surface area contributed by atoms with Gasteiger partial charge in [0.05, 0.1) is 14.4 Å². The van der Waals surface area contributed by atoms with Crippen molar-refractivity contribution in [2.24, 2.45) is 0 Å². The molecule has 2 heterocycles. The molecule has 0 aliphatic carbocycles. The number of rotatable bonds is 4. The second-order valence-corrected chi connectivity index (χ2v) is 8.79. The number of nitrogens with zero attached hydrogens (tertiary/aromatic N) is 2. The molecule has 9 heteroatoms. The molecule has 0 saturated carbocycles. The molecule has 25 heavy (non-hydrogen) atoms. The van der Waals surface area contributed by atoms with Crippen molar-refractivity contribution in [2.75, 3.05) is 13.1 Å². The number of hydrogen-bond acceptors (Lipinski definition) is 4. The first kappa shape index (κ1) is 18.6. The Morgan fingerprint density at radius 1 is 1.28 bits per heavy atom. The topological polar surface area (TPSA) is 59.5 Å². The van der Waals surface area contributed by atoms with Crippen LogP contribution in [0.25, 0.3) is 0 Å². The minimum absolute atomic E-state index is 0.00858. The third-order valence-corrected chi connectivity index (χ3v) is 6.72. The SMILES string of the molecule is O=S(=O)(c1ccc(F)c(Cl)c1)N1CCC(Oc2ncccc2Br)CC1. The Morgan fingerprint density at radius 3 is 2.64 bits per heavy atom. The van der Waals surface area contributed by atoms with Crippen molar-refractivity contribution in [3.63, 3.8) is 0 Å². The normalized spacial score (nSPS) is 16.8. The molecule has 0 spiro atoms. The fourth-order valence-electron chi connectivity index (χ4n) is 2.59. The molecule has 3 rings (SSSR count). The standard InChI is InChI=1S/C16H15BrClFN2O3S/c17-13-2-1-7-20-16(13)24-11-5-8-21(9-6-11)25(22,23)12-3-4-15(19)14(18)10-12/h1-4,7,10-11H,5-6,8-9H2. The van der Waals surface area contributed by atoms with Crippen LogP contribution in [0.2, 0.25) is 5.02 Å². The highest BCUT2D eigenvalue weighted by atomic mass is 79.9. The summed E-state index contributed by atoms with van der Waals surface area (Å²) in [5.74, 6) is -0.150. The van der Waals surface area contributed by atoms with Crippen LogP contribution in [0.3, 0.4) is 0 Å². The quantitative estimate of drug-likeness (QED) is 0.711. The summed E-state index contributed by atoms with van der Waals surface area (Å²) in [6.45, 7) is 0.624. The van der Waals surface area contributed by atoms with Crippen LogP contribution in [-0.4, -0.2) is 36.9 Å². The number of hydrogen-bond donors (Lipinski definition) is 0. The average molecular weight is 450 g/mol. The van der Waals surface area contributed by atoms with Gasteiger partial charge >= 0.3 is 0 Å². The molecule has 1 aromatic carbocycles. The number of sulfonamides is 1. The lowest BCUT2D eigenvalue weighted by atomic mass is 10.1. The Balaban J connectivity index is 1.67. The summed E-state index contributed by atoms with van der Waals surface area (Å²) in [5, 5.41) is -0.209. The van der Waals surface area contributed by atoms with Crippen molar-refractivity contribution in [2.45, 2.75) is 23.8 Å². The number of ether oxygens (including phenoxy) is 1. The molecule has 5 nitrogen and oxygen atoms in total. The van der Waals surface area contributed by atoms with Crippen molar-refractivity contribution in [3.8, 4) is 5.88 Å². The summed E-state index contributed by atoms with van der Waals surface area (Å²) in [5.41, 5.74) is 0. The largest absolute Gasteiger partial charge is 0.473 e. The van der Waals surface area contributed by atoms with Crippen LogP contribution in [0.15, 0.2) is 45.9 Å². The first-order valence-electron chi connectivity index (χ1n) is 7.60. The van der Waals surface area contributed by atoms with E-state index in [1.165, 1.54) is 10.4 Å². The molecule has 0 bridgehead atoms. The second kappa shape index (κ2) is 7.57. The summed E-state index contributed by atoms with van der Waals surface area (Å²) in [7, 11) is -3.70. The lowest BCUT2D eigenvalue weighted by Crippen LogP contribution is -2.41. The van der Waals surface area contributed by atoms with Gasteiger partial charge in [0.15, 0.2) is 0 Å². The molecule has 134 valence electrons. The lowest BCUT2D eigenvalue weighted by Gasteiger charge is -2.31. The Labute approximate surface area is 158 Å². The number of benzene rings is 1. The molecule has 1 saturated heterocycles. The summed E-state index contributed by atoms with van der Waals surface area (Å²) in [6, 6.07) is 7.05. The maximum absolute atomic E-state index is 13.3. The average Bonchev–Trinajstić information content (AvgIpc) is 2.60. The van der Waals surface area contributed by atoms with Crippen molar-refractivity contribution in [3.05, 3.63) is 51.8 Å². The van der Waals surface area contributed by atoms with Crippen LogP contribution in [0, 0.1) is 5.82 Å². The minimum Gasteiger partial charge on any atom is -0.473 e. The number of pyridine rings is 1. The van der Waals surface area contributed by atoms with Gasteiger partial charge in [0.1, 0.15) is 11.9 Å². The summed E-state index contributed by atoms with van der Waals surface area (Å²) in [6.07, 6.45) is 2.60. The van der Waals surface area contributed by atoms with Crippen LogP contribution >= 0.6 is 27.5 Å². The van der Waals surface area contributed by atoms with Crippen molar-refractivity contribution >= 4 is 37.6 Å². The van der Waals surface area contributed by atoms with E-state index in [1.807, 2.05) is 6.07 Å². The zero-order valence-electron chi connectivity index (χ0n) is 13.0. The molecule has 0 unspecified atom stereocenters.